The van der Waals surface area contributed by atoms with Crippen LogP contribution in [0.1, 0.15) is 5.56 Å². The van der Waals surface area contributed by atoms with Gasteiger partial charge in [0.05, 0.1) is 12.8 Å². The van der Waals surface area contributed by atoms with Crippen LogP contribution in [0.25, 0.3) is 11.1 Å². The van der Waals surface area contributed by atoms with Crippen molar-refractivity contribution in [2.45, 2.75) is 6.92 Å². The first-order chi connectivity index (χ1) is 8.11. The van der Waals surface area contributed by atoms with Crippen LogP contribution < -0.4 is 10.5 Å². The third-order valence-corrected chi connectivity index (χ3v) is 2.71. The summed E-state index contributed by atoms with van der Waals surface area (Å²) < 4.78 is 18.4. The van der Waals surface area contributed by atoms with Crippen molar-refractivity contribution in [3.8, 4) is 16.9 Å². The second-order valence-electron chi connectivity index (χ2n) is 3.92. The minimum atomic E-state index is -0.252. The number of hydrogen-bond donors (Lipinski definition) is 1. The molecule has 0 bridgehead atoms. The van der Waals surface area contributed by atoms with E-state index in [0.717, 1.165) is 16.7 Å². The third kappa shape index (κ3) is 2.23. The van der Waals surface area contributed by atoms with Crippen molar-refractivity contribution in [2.75, 3.05) is 12.8 Å². The summed E-state index contributed by atoms with van der Waals surface area (Å²) in [6.45, 7) is 1.94. The van der Waals surface area contributed by atoms with Gasteiger partial charge in [-0.2, -0.15) is 0 Å². The Kier molecular flexibility index (Phi) is 3.00. The number of methoxy groups -OCH3 is 1. The number of ether oxygens (including phenoxy) is 1. The highest BCUT2D eigenvalue weighted by Crippen LogP contribution is 2.32. The van der Waals surface area contributed by atoms with E-state index >= 15 is 0 Å². The Balaban J connectivity index is 2.59. The molecule has 2 nitrogen and oxygen atoms in total. The molecule has 0 aliphatic heterocycles. The molecule has 0 saturated heterocycles. The quantitative estimate of drug-likeness (QED) is 0.804. The second-order valence-corrected chi connectivity index (χ2v) is 3.92. The lowest BCUT2D eigenvalue weighted by molar-refractivity contribution is 0.417. The maximum atomic E-state index is 13.2. The summed E-state index contributed by atoms with van der Waals surface area (Å²) >= 11 is 0. The van der Waals surface area contributed by atoms with Crippen LogP contribution in [-0.2, 0) is 0 Å². The molecule has 0 aromatic heterocycles. The van der Waals surface area contributed by atoms with E-state index in [0.29, 0.717) is 11.4 Å². The molecule has 0 fully saturated rings. The van der Waals surface area contributed by atoms with Crippen molar-refractivity contribution in [3.05, 3.63) is 47.8 Å². The van der Waals surface area contributed by atoms with Gasteiger partial charge in [-0.25, -0.2) is 4.39 Å². The van der Waals surface area contributed by atoms with Crippen molar-refractivity contribution in [1.29, 1.82) is 0 Å². The maximum absolute atomic E-state index is 13.2. The van der Waals surface area contributed by atoms with Crippen molar-refractivity contribution in [1.82, 2.24) is 0 Å². The molecule has 0 atom stereocenters. The molecule has 17 heavy (non-hydrogen) atoms. The average Bonchev–Trinajstić information content (AvgIpc) is 2.29. The Labute approximate surface area is 99.8 Å². The van der Waals surface area contributed by atoms with Crippen LogP contribution in [0.3, 0.4) is 0 Å². The normalized spacial score (nSPS) is 10.3. The summed E-state index contributed by atoms with van der Waals surface area (Å²) in [5, 5.41) is 0. The molecule has 2 aromatic rings. The molecule has 0 amide bonds. The average molecular weight is 231 g/mol. The van der Waals surface area contributed by atoms with Crippen molar-refractivity contribution in [3.63, 3.8) is 0 Å². The summed E-state index contributed by atoms with van der Waals surface area (Å²) in [4.78, 5) is 0. The zero-order chi connectivity index (χ0) is 12.4. The topological polar surface area (TPSA) is 35.2 Å². The number of nitrogen functional groups attached to an aromatic ring is 1. The van der Waals surface area contributed by atoms with Gasteiger partial charge in [-0.05, 0) is 47.9 Å². The fourth-order valence-electron chi connectivity index (χ4n) is 1.85. The zero-order valence-corrected chi connectivity index (χ0v) is 9.83. The molecule has 3 heteroatoms. The highest BCUT2D eigenvalue weighted by molar-refractivity contribution is 5.73. The molecule has 0 aliphatic carbocycles. The molecule has 88 valence electrons. The van der Waals surface area contributed by atoms with Crippen LogP contribution in [0.2, 0.25) is 0 Å². The predicted molar refractivity (Wildman–Crippen MR) is 67.5 cm³/mol. The van der Waals surface area contributed by atoms with E-state index in [-0.39, 0.29) is 5.82 Å². The van der Waals surface area contributed by atoms with E-state index in [9.17, 15) is 4.39 Å². The summed E-state index contributed by atoms with van der Waals surface area (Å²) in [5.74, 6) is 0.354. The first-order valence-electron chi connectivity index (χ1n) is 5.32. The molecule has 0 radical (unpaired) electrons. The predicted octanol–water partition coefficient (Wildman–Crippen LogP) is 3.39. The van der Waals surface area contributed by atoms with Gasteiger partial charge in [-0.1, -0.05) is 12.1 Å². The summed E-state index contributed by atoms with van der Waals surface area (Å²) in [6, 6.07) is 10.1. The Morgan fingerprint density at radius 3 is 2.59 bits per heavy atom. The second kappa shape index (κ2) is 4.45. The summed E-state index contributed by atoms with van der Waals surface area (Å²) in [7, 11) is 1.57. The van der Waals surface area contributed by atoms with Crippen LogP contribution in [0, 0.1) is 12.7 Å². The van der Waals surface area contributed by atoms with Crippen molar-refractivity contribution >= 4 is 5.69 Å². The Bertz CT molecular complexity index is 552. The highest BCUT2D eigenvalue weighted by Gasteiger charge is 2.08. The molecule has 2 aromatic carbocycles. The number of aryl methyl sites for hydroxylation is 1. The first kappa shape index (κ1) is 11.5. The molecular weight excluding hydrogens is 217 g/mol. The van der Waals surface area contributed by atoms with Crippen LogP contribution in [-0.4, -0.2) is 7.11 Å². The fraction of sp³-hybridized carbons (Fsp3) is 0.143. The van der Waals surface area contributed by atoms with Gasteiger partial charge in [0.2, 0.25) is 0 Å². The summed E-state index contributed by atoms with van der Waals surface area (Å²) in [5.41, 5.74) is 9.14. The van der Waals surface area contributed by atoms with Gasteiger partial charge < -0.3 is 10.5 Å². The standard InChI is InChI=1S/C14H14FNO/c1-9-6-13(16)14(17-2)8-12(9)10-4-3-5-11(15)7-10/h3-8H,16H2,1-2H3. The van der Waals surface area contributed by atoms with Gasteiger partial charge in [0.1, 0.15) is 11.6 Å². The molecular formula is C14H14FNO. The lowest BCUT2D eigenvalue weighted by Crippen LogP contribution is -1.95. The maximum Gasteiger partial charge on any atom is 0.142 e. The number of anilines is 1. The van der Waals surface area contributed by atoms with E-state index in [1.165, 1.54) is 12.1 Å². The van der Waals surface area contributed by atoms with Gasteiger partial charge in [-0.3, -0.25) is 0 Å². The van der Waals surface area contributed by atoms with E-state index in [4.69, 9.17) is 10.5 Å². The lowest BCUT2D eigenvalue weighted by Gasteiger charge is -2.11. The minimum Gasteiger partial charge on any atom is -0.495 e. The fourth-order valence-corrected chi connectivity index (χ4v) is 1.85. The van der Waals surface area contributed by atoms with Crippen LogP contribution in [0.4, 0.5) is 10.1 Å². The molecule has 2 rings (SSSR count). The monoisotopic (exact) mass is 231 g/mol. The molecule has 0 aliphatic rings. The molecule has 0 saturated carbocycles. The largest absolute Gasteiger partial charge is 0.495 e. The van der Waals surface area contributed by atoms with E-state index in [1.807, 2.05) is 25.1 Å². The van der Waals surface area contributed by atoms with Gasteiger partial charge in [0, 0.05) is 0 Å². The molecule has 2 N–H and O–H groups in total. The third-order valence-electron chi connectivity index (χ3n) is 2.71. The molecule has 0 spiro atoms. The van der Waals surface area contributed by atoms with Crippen LogP contribution in [0.5, 0.6) is 5.75 Å². The van der Waals surface area contributed by atoms with Gasteiger partial charge in [0.25, 0.3) is 0 Å². The van der Waals surface area contributed by atoms with Gasteiger partial charge in [-0.15, -0.1) is 0 Å². The van der Waals surface area contributed by atoms with Crippen molar-refractivity contribution < 1.29 is 9.13 Å². The van der Waals surface area contributed by atoms with Crippen LogP contribution in [0.15, 0.2) is 36.4 Å². The Morgan fingerprint density at radius 2 is 1.94 bits per heavy atom. The Hall–Kier alpha value is -2.03. The minimum absolute atomic E-state index is 0.252. The number of halogens is 1. The van der Waals surface area contributed by atoms with E-state index < -0.39 is 0 Å². The Morgan fingerprint density at radius 1 is 1.18 bits per heavy atom. The molecule has 0 heterocycles. The molecule has 0 unspecified atom stereocenters. The lowest BCUT2D eigenvalue weighted by atomic mass is 9.99. The number of hydrogen-bond acceptors (Lipinski definition) is 2. The number of benzene rings is 2. The van der Waals surface area contributed by atoms with Gasteiger partial charge >= 0.3 is 0 Å². The highest BCUT2D eigenvalue weighted by atomic mass is 19.1. The number of rotatable bonds is 2. The SMILES string of the molecule is COc1cc(-c2cccc(F)c2)c(C)cc1N. The van der Waals surface area contributed by atoms with Crippen molar-refractivity contribution in [2.24, 2.45) is 0 Å². The first-order valence-corrected chi connectivity index (χ1v) is 5.32. The number of nitrogens with two attached hydrogens (primary N) is 1. The van der Waals surface area contributed by atoms with E-state index in [1.54, 1.807) is 13.2 Å². The van der Waals surface area contributed by atoms with E-state index in [2.05, 4.69) is 0 Å². The zero-order valence-electron chi connectivity index (χ0n) is 9.83. The van der Waals surface area contributed by atoms with Crippen LogP contribution >= 0.6 is 0 Å². The summed E-state index contributed by atoms with van der Waals surface area (Å²) in [6.07, 6.45) is 0. The smallest absolute Gasteiger partial charge is 0.142 e. The van der Waals surface area contributed by atoms with Gasteiger partial charge in [0.15, 0.2) is 0 Å².